The van der Waals surface area contributed by atoms with Crippen LogP contribution >= 0.6 is 0 Å². The van der Waals surface area contributed by atoms with Crippen LogP contribution in [0, 0.1) is 11.7 Å². The SMILES string of the molecule is C[C@H](CO)N1C[C@H](C)[C@H](CN(C)C(=O)Nc2ccc(C(F)(F)F)cc2)Oc2ccc(NS(=O)(=O)c3ccc(F)cc3)cc2CC1=O. The Bertz CT molecular complexity index is 1650. The number of likely N-dealkylation sites (N-methyl/N-ethyl adjacent to an activating group) is 1. The number of carbonyl (C=O) groups is 2. The number of halogens is 4. The molecule has 15 heteroatoms. The molecule has 0 fully saturated rings. The summed E-state index contributed by atoms with van der Waals surface area (Å²) in [6.45, 7) is 3.34. The van der Waals surface area contributed by atoms with E-state index >= 15 is 0 Å². The monoisotopic (exact) mass is 666 g/mol. The van der Waals surface area contributed by atoms with Crippen molar-refractivity contribution in [3.8, 4) is 5.75 Å². The van der Waals surface area contributed by atoms with E-state index in [1.165, 1.54) is 35.0 Å². The van der Waals surface area contributed by atoms with Gasteiger partial charge in [-0.2, -0.15) is 13.2 Å². The van der Waals surface area contributed by atoms with Gasteiger partial charge in [-0.1, -0.05) is 6.92 Å². The Balaban J connectivity index is 1.58. The average molecular weight is 667 g/mol. The molecule has 0 saturated heterocycles. The fourth-order valence-electron chi connectivity index (χ4n) is 4.85. The third kappa shape index (κ3) is 8.46. The molecule has 1 aliphatic heterocycles. The first-order valence-electron chi connectivity index (χ1n) is 14.2. The first kappa shape index (κ1) is 34.5. The molecule has 0 saturated carbocycles. The Hall–Kier alpha value is -4.37. The normalized spacial score (nSPS) is 17.9. The van der Waals surface area contributed by atoms with Gasteiger partial charge in [-0.3, -0.25) is 9.52 Å². The van der Waals surface area contributed by atoms with Gasteiger partial charge in [0.15, 0.2) is 0 Å². The molecule has 248 valence electrons. The smallest absolute Gasteiger partial charge is 0.416 e. The number of aliphatic hydroxyl groups is 1. The van der Waals surface area contributed by atoms with Crippen molar-refractivity contribution in [2.45, 2.75) is 43.5 Å². The van der Waals surface area contributed by atoms with Crippen molar-refractivity contribution in [2.75, 3.05) is 36.8 Å². The van der Waals surface area contributed by atoms with Gasteiger partial charge in [0.25, 0.3) is 10.0 Å². The van der Waals surface area contributed by atoms with Gasteiger partial charge in [0.2, 0.25) is 5.91 Å². The first-order chi connectivity index (χ1) is 21.6. The maximum atomic E-state index is 13.4. The summed E-state index contributed by atoms with van der Waals surface area (Å²) in [6, 6.07) is 11.5. The molecule has 0 aliphatic carbocycles. The Kier molecular flexibility index (Phi) is 10.5. The number of benzene rings is 3. The van der Waals surface area contributed by atoms with E-state index in [0.29, 0.717) is 5.56 Å². The molecule has 4 rings (SSSR count). The zero-order chi connectivity index (χ0) is 33.8. The number of alkyl halides is 3. The molecule has 0 spiro atoms. The zero-order valence-electron chi connectivity index (χ0n) is 25.2. The highest BCUT2D eigenvalue weighted by Gasteiger charge is 2.33. The van der Waals surface area contributed by atoms with Crippen molar-refractivity contribution >= 4 is 33.3 Å². The van der Waals surface area contributed by atoms with Crippen molar-refractivity contribution in [3.05, 3.63) is 83.7 Å². The molecule has 1 aliphatic rings. The van der Waals surface area contributed by atoms with Gasteiger partial charge < -0.3 is 25.0 Å². The molecule has 1 heterocycles. The number of nitrogens with one attached hydrogen (secondary N) is 2. The number of nitrogens with zero attached hydrogens (tertiary/aromatic N) is 2. The summed E-state index contributed by atoms with van der Waals surface area (Å²) in [5, 5.41) is 12.4. The topological polar surface area (TPSA) is 128 Å². The van der Waals surface area contributed by atoms with E-state index in [0.717, 1.165) is 48.5 Å². The third-order valence-electron chi connectivity index (χ3n) is 7.56. The van der Waals surface area contributed by atoms with Crippen LogP contribution in [0.25, 0.3) is 0 Å². The lowest BCUT2D eigenvalue weighted by Gasteiger charge is -2.34. The number of fused-ring (bicyclic) bond motifs is 1. The zero-order valence-corrected chi connectivity index (χ0v) is 26.0. The molecule has 3 atom stereocenters. The molecule has 46 heavy (non-hydrogen) atoms. The maximum Gasteiger partial charge on any atom is 0.416 e. The number of amides is 3. The van der Waals surface area contributed by atoms with E-state index in [-0.39, 0.29) is 60.0 Å². The second-order valence-electron chi connectivity index (χ2n) is 11.2. The number of ether oxygens (including phenoxy) is 1. The number of aliphatic hydroxyl groups excluding tert-OH is 1. The molecule has 0 bridgehead atoms. The minimum Gasteiger partial charge on any atom is -0.488 e. The molecule has 0 radical (unpaired) electrons. The lowest BCUT2D eigenvalue weighted by molar-refractivity contribution is -0.137. The highest BCUT2D eigenvalue weighted by Crippen LogP contribution is 2.31. The molecular weight excluding hydrogens is 632 g/mol. The quantitative estimate of drug-likeness (QED) is 0.292. The fraction of sp³-hybridized carbons (Fsp3) is 0.355. The van der Waals surface area contributed by atoms with Gasteiger partial charge in [0, 0.05) is 36.4 Å². The van der Waals surface area contributed by atoms with Gasteiger partial charge in [-0.15, -0.1) is 0 Å². The number of hydrogen-bond donors (Lipinski definition) is 3. The molecule has 0 aromatic heterocycles. The predicted octanol–water partition coefficient (Wildman–Crippen LogP) is 4.96. The molecule has 0 unspecified atom stereocenters. The predicted molar refractivity (Wildman–Crippen MR) is 162 cm³/mol. The van der Waals surface area contributed by atoms with Crippen molar-refractivity contribution in [1.29, 1.82) is 0 Å². The summed E-state index contributed by atoms with van der Waals surface area (Å²) in [7, 11) is -2.61. The van der Waals surface area contributed by atoms with Gasteiger partial charge in [0.05, 0.1) is 36.1 Å². The highest BCUT2D eigenvalue weighted by atomic mass is 32.2. The lowest BCUT2D eigenvalue weighted by Crippen LogP contribution is -2.48. The molecule has 3 N–H and O–H groups in total. The number of rotatable bonds is 8. The molecule has 3 aromatic carbocycles. The number of urea groups is 1. The summed E-state index contributed by atoms with van der Waals surface area (Å²) >= 11 is 0. The van der Waals surface area contributed by atoms with Crippen LogP contribution in [0.5, 0.6) is 5.75 Å². The summed E-state index contributed by atoms with van der Waals surface area (Å²) in [5.74, 6) is -1.04. The van der Waals surface area contributed by atoms with Gasteiger partial charge in [0.1, 0.15) is 17.7 Å². The first-order valence-corrected chi connectivity index (χ1v) is 15.7. The second-order valence-corrected chi connectivity index (χ2v) is 12.8. The largest absolute Gasteiger partial charge is 0.488 e. The van der Waals surface area contributed by atoms with Crippen LogP contribution in [0.3, 0.4) is 0 Å². The van der Waals surface area contributed by atoms with Crippen LogP contribution in [0.1, 0.15) is 25.0 Å². The minimum absolute atomic E-state index is 0.00155. The number of hydrogen-bond acceptors (Lipinski definition) is 6. The molecule has 3 amide bonds. The Morgan fingerprint density at radius 2 is 1.72 bits per heavy atom. The fourth-order valence-corrected chi connectivity index (χ4v) is 5.90. The minimum atomic E-state index is -4.52. The van der Waals surface area contributed by atoms with Crippen molar-refractivity contribution in [1.82, 2.24) is 9.80 Å². The molecule has 10 nitrogen and oxygen atoms in total. The number of anilines is 2. The van der Waals surface area contributed by atoms with E-state index in [1.807, 2.05) is 6.92 Å². The van der Waals surface area contributed by atoms with E-state index in [9.17, 15) is 40.7 Å². The summed E-state index contributed by atoms with van der Waals surface area (Å²) in [6.07, 6.45) is -5.41. The van der Waals surface area contributed by atoms with Crippen molar-refractivity contribution in [3.63, 3.8) is 0 Å². The number of carbonyl (C=O) groups excluding carboxylic acids is 2. The van der Waals surface area contributed by atoms with Gasteiger partial charge >= 0.3 is 12.2 Å². The summed E-state index contributed by atoms with van der Waals surface area (Å²) in [4.78, 5) is 29.0. The van der Waals surface area contributed by atoms with Gasteiger partial charge in [-0.25, -0.2) is 17.6 Å². The molecule has 3 aromatic rings. The van der Waals surface area contributed by atoms with Crippen LogP contribution in [0.4, 0.5) is 33.7 Å². The van der Waals surface area contributed by atoms with Crippen LogP contribution in [-0.2, 0) is 27.4 Å². The third-order valence-corrected chi connectivity index (χ3v) is 8.95. The summed E-state index contributed by atoms with van der Waals surface area (Å²) in [5.41, 5.74) is -0.232. The second kappa shape index (κ2) is 14.0. The average Bonchev–Trinajstić information content (AvgIpc) is 3.04. The Morgan fingerprint density at radius 1 is 1.09 bits per heavy atom. The summed E-state index contributed by atoms with van der Waals surface area (Å²) < 4.78 is 86.7. The van der Waals surface area contributed by atoms with Crippen LogP contribution in [0.15, 0.2) is 71.6 Å². The van der Waals surface area contributed by atoms with Crippen LogP contribution in [-0.4, -0.2) is 74.2 Å². The molecular formula is C31H34F4N4O6S. The van der Waals surface area contributed by atoms with Crippen molar-refractivity contribution < 1.29 is 45.4 Å². The van der Waals surface area contributed by atoms with E-state index in [1.54, 1.807) is 6.92 Å². The van der Waals surface area contributed by atoms with Crippen LogP contribution < -0.4 is 14.8 Å². The lowest BCUT2D eigenvalue weighted by atomic mass is 10.0. The Labute approximate surface area is 264 Å². The van der Waals surface area contributed by atoms with Crippen LogP contribution in [0.2, 0.25) is 0 Å². The number of sulfonamides is 1. The maximum absolute atomic E-state index is 13.4. The van der Waals surface area contributed by atoms with E-state index < -0.39 is 45.8 Å². The Morgan fingerprint density at radius 3 is 2.33 bits per heavy atom. The van der Waals surface area contributed by atoms with E-state index in [4.69, 9.17) is 4.74 Å². The standard InChI is InChI=1S/C31H34F4N4O6S/c1-19-16-39(20(2)18-40)29(41)15-21-14-25(37-46(43,44)26-11-6-23(32)7-12-26)10-13-27(21)45-28(19)17-38(3)30(42)36-24-8-4-22(5-9-24)31(33,34)35/h4-14,19-20,28,37,40H,15-18H2,1-3H3,(H,36,42)/t19-,20+,28-/m0/s1. The van der Waals surface area contributed by atoms with Crippen molar-refractivity contribution in [2.24, 2.45) is 5.92 Å². The highest BCUT2D eigenvalue weighted by molar-refractivity contribution is 7.92. The van der Waals surface area contributed by atoms with E-state index in [2.05, 4.69) is 10.0 Å². The van der Waals surface area contributed by atoms with Gasteiger partial charge in [-0.05, 0) is 73.7 Å².